The number of phenolic OH excluding ortho intramolecular Hbond substituents is 1. The number of rotatable bonds is 2. The van der Waals surface area contributed by atoms with Gasteiger partial charge in [-0.1, -0.05) is 0 Å². The van der Waals surface area contributed by atoms with Gasteiger partial charge in [-0.3, -0.25) is 0 Å². The van der Waals surface area contributed by atoms with E-state index in [-0.39, 0.29) is 22.4 Å². The van der Waals surface area contributed by atoms with Crippen LogP contribution in [0.3, 0.4) is 0 Å². The van der Waals surface area contributed by atoms with Crippen LogP contribution in [0, 0.1) is 11.6 Å². The van der Waals surface area contributed by atoms with Gasteiger partial charge in [0.2, 0.25) is 5.82 Å². The van der Waals surface area contributed by atoms with Crippen LogP contribution < -0.4 is 5.73 Å². The highest BCUT2D eigenvalue weighted by Gasteiger charge is 2.19. The highest BCUT2D eigenvalue weighted by Crippen LogP contribution is 2.32. The van der Waals surface area contributed by atoms with Crippen molar-refractivity contribution in [1.82, 2.24) is 0 Å². The van der Waals surface area contributed by atoms with Gasteiger partial charge in [-0.05, 0) is 22.0 Å². The molecule has 0 radical (unpaired) electrons. The smallest absolute Gasteiger partial charge is 0.201 e. The lowest BCUT2D eigenvalue weighted by Gasteiger charge is -2.12. The van der Waals surface area contributed by atoms with Gasteiger partial charge in [0.25, 0.3) is 0 Å². The van der Waals surface area contributed by atoms with Gasteiger partial charge in [0.15, 0.2) is 11.6 Å². The van der Waals surface area contributed by atoms with Gasteiger partial charge in [-0.15, -0.1) is 12.4 Å². The van der Waals surface area contributed by atoms with Gasteiger partial charge in [0.05, 0.1) is 17.1 Å². The van der Waals surface area contributed by atoms with Crippen molar-refractivity contribution >= 4 is 28.3 Å². The van der Waals surface area contributed by atoms with Crippen LogP contribution in [0.5, 0.6) is 5.75 Å². The Balaban J connectivity index is 0.00000196. The number of hydrogen-bond donors (Lipinski definition) is 3. The quantitative estimate of drug-likeness (QED) is 0.731. The van der Waals surface area contributed by atoms with Gasteiger partial charge in [0.1, 0.15) is 0 Å². The highest BCUT2D eigenvalue weighted by atomic mass is 79.9. The van der Waals surface area contributed by atoms with Crippen LogP contribution in [0.4, 0.5) is 8.78 Å². The molecule has 0 spiro atoms. The fourth-order valence-corrected chi connectivity index (χ4v) is 1.41. The summed E-state index contributed by atoms with van der Waals surface area (Å²) in [6, 6.07) is 0.190. The van der Waals surface area contributed by atoms with E-state index >= 15 is 0 Å². The van der Waals surface area contributed by atoms with Crippen LogP contribution in [0.1, 0.15) is 11.6 Å². The Labute approximate surface area is 99.4 Å². The van der Waals surface area contributed by atoms with E-state index in [1.807, 2.05) is 0 Å². The lowest BCUT2D eigenvalue weighted by atomic mass is 10.1. The minimum Gasteiger partial charge on any atom is -0.505 e. The molecular formula is C8H9BrClF2NO2. The van der Waals surface area contributed by atoms with Crippen LogP contribution in [0.15, 0.2) is 10.5 Å². The summed E-state index contributed by atoms with van der Waals surface area (Å²) in [6.07, 6.45) is 0. The molecule has 0 aliphatic heterocycles. The zero-order valence-corrected chi connectivity index (χ0v) is 9.78. The van der Waals surface area contributed by atoms with Crippen molar-refractivity contribution in [1.29, 1.82) is 0 Å². The third-order valence-corrected chi connectivity index (χ3v) is 2.34. The van der Waals surface area contributed by atoms with Gasteiger partial charge >= 0.3 is 0 Å². The molecule has 4 N–H and O–H groups in total. The molecule has 1 rings (SSSR count). The number of nitrogens with two attached hydrogens (primary N) is 1. The molecule has 0 aromatic heterocycles. The van der Waals surface area contributed by atoms with E-state index in [1.54, 1.807) is 0 Å². The van der Waals surface area contributed by atoms with E-state index in [1.165, 1.54) is 0 Å². The Morgan fingerprint density at radius 2 is 1.93 bits per heavy atom. The average molecular weight is 305 g/mol. The van der Waals surface area contributed by atoms with E-state index in [0.29, 0.717) is 0 Å². The first-order chi connectivity index (χ1) is 6.49. The second-order valence-corrected chi connectivity index (χ2v) is 3.57. The number of benzene rings is 1. The maximum atomic E-state index is 13.0. The number of phenols is 1. The predicted octanol–water partition coefficient (Wildman–Crippen LogP) is 1.85. The SMILES string of the molecule is Cl.N[C@@H](CO)c1cc(Br)c(F)c(F)c1O. The van der Waals surface area contributed by atoms with Crippen LogP contribution in [-0.4, -0.2) is 16.8 Å². The van der Waals surface area contributed by atoms with Crippen molar-refractivity contribution in [3.05, 3.63) is 27.7 Å². The van der Waals surface area contributed by atoms with E-state index in [4.69, 9.17) is 10.8 Å². The molecule has 0 bridgehead atoms. The van der Waals surface area contributed by atoms with Crippen molar-refractivity contribution in [3.8, 4) is 5.75 Å². The van der Waals surface area contributed by atoms with Crippen LogP contribution in [-0.2, 0) is 0 Å². The Morgan fingerprint density at radius 1 is 1.40 bits per heavy atom. The van der Waals surface area contributed by atoms with E-state index in [2.05, 4.69) is 15.9 Å². The molecule has 0 heterocycles. The second-order valence-electron chi connectivity index (χ2n) is 2.71. The summed E-state index contributed by atoms with van der Waals surface area (Å²) in [5.41, 5.74) is 5.32. The van der Waals surface area contributed by atoms with Crippen LogP contribution in [0.25, 0.3) is 0 Å². The fraction of sp³-hybridized carbons (Fsp3) is 0.250. The number of aliphatic hydroxyl groups excluding tert-OH is 1. The largest absolute Gasteiger partial charge is 0.505 e. The molecule has 0 amide bonds. The molecule has 15 heavy (non-hydrogen) atoms. The van der Waals surface area contributed by atoms with Gasteiger partial charge in [-0.2, -0.15) is 4.39 Å². The molecule has 0 aliphatic carbocycles. The zero-order valence-electron chi connectivity index (χ0n) is 7.38. The standard InChI is InChI=1S/C8H8BrF2NO2.ClH/c9-4-1-3(5(12)2-13)8(14)7(11)6(4)10;/h1,5,13-14H,2,12H2;1H/t5-;/m0./s1. The number of aromatic hydroxyl groups is 1. The van der Waals surface area contributed by atoms with Crippen molar-refractivity contribution < 1.29 is 19.0 Å². The number of hydrogen-bond acceptors (Lipinski definition) is 3. The molecule has 1 aromatic rings. The van der Waals surface area contributed by atoms with Gasteiger partial charge in [0, 0.05) is 5.56 Å². The van der Waals surface area contributed by atoms with E-state index < -0.39 is 30.0 Å². The molecular weight excluding hydrogens is 295 g/mol. The highest BCUT2D eigenvalue weighted by molar-refractivity contribution is 9.10. The molecule has 86 valence electrons. The van der Waals surface area contributed by atoms with Crippen molar-refractivity contribution in [2.45, 2.75) is 6.04 Å². The Morgan fingerprint density at radius 3 is 2.40 bits per heavy atom. The molecule has 3 nitrogen and oxygen atoms in total. The number of aliphatic hydroxyl groups is 1. The minimum atomic E-state index is -1.38. The molecule has 0 unspecified atom stereocenters. The lowest BCUT2D eigenvalue weighted by Crippen LogP contribution is -2.15. The summed E-state index contributed by atoms with van der Waals surface area (Å²) in [5, 5.41) is 17.9. The Bertz CT molecular complexity index is 365. The van der Waals surface area contributed by atoms with Gasteiger partial charge in [-0.25, -0.2) is 4.39 Å². The normalized spacial score (nSPS) is 12.1. The maximum absolute atomic E-state index is 13.0. The maximum Gasteiger partial charge on any atom is 0.201 e. The monoisotopic (exact) mass is 303 g/mol. The Kier molecular flexibility index (Phi) is 5.44. The fourth-order valence-electron chi connectivity index (χ4n) is 0.985. The summed E-state index contributed by atoms with van der Waals surface area (Å²) in [7, 11) is 0. The summed E-state index contributed by atoms with van der Waals surface area (Å²) < 4.78 is 25.7. The third kappa shape index (κ3) is 2.78. The summed E-state index contributed by atoms with van der Waals surface area (Å²) >= 11 is 2.77. The molecule has 0 aliphatic rings. The number of halogens is 4. The predicted molar refractivity (Wildman–Crippen MR) is 57.0 cm³/mol. The van der Waals surface area contributed by atoms with Crippen molar-refractivity contribution in [2.75, 3.05) is 6.61 Å². The van der Waals surface area contributed by atoms with Gasteiger partial charge < -0.3 is 15.9 Å². The first-order valence-corrected chi connectivity index (χ1v) is 4.51. The Hall–Kier alpha value is -0.430. The van der Waals surface area contributed by atoms with E-state index in [9.17, 15) is 13.9 Å². The summed E-state index contributed by atoms with van der Waals surface area (Å²) in [6.45, 7) is -0.467. The minimum absolute atomic E-state index is 0. The topological polar surface area (TPSA) is 66.5 Å². The first-order valence-electron chi connectivity index (χ1n) is 3.71. The molecule has 0 fully saturated rings. The first kappa shape index (κ1) is 14.6. The van der Waals surface area contributed by atoms with Crippen LogP contribution >= 0.6 is 28.3 Å². The third-order valence-electron chi connectivity index (χ3n) is 1.76. The summed E-state index contributed by atoms with van der Waals surface area (Å²) in [5.74, 6) is -3.43. The molecule has 0 saturated carbocycles. The molecule has 1 aromatic carbocycles. The summed E-state index contributed by atoms with van der Waals surface area (Å²) in [4.78, 5) is 0. The second kappa shape index (κ2) is 5.60. The van der Waals surface area contributed by atoms with Crippen molar-refractivity contribution in [2.24, 2.45) is 5.73 Å². The molecule has 0 saturated heterocycles. The average Bonchev–Trinajstić information content (AvgIpc) is 2.19. The zero-order chi connectivity index (χ0) is 10.9. The van der Waals surface area contributed by atoms with Crippen LogP contribution in [0.2, 0.25) is 0 Å². The lowest BCUT2D eigenvalue weighted by molar-refractivity contribution is 0.263. The van der Waals surface area contributed by atoms with E-state index in [0.717, 1.165) is 6.07 Å². The van der Waals surface area contributed by atoms with Crippen molar-refractivity contribution in [3.63, 3.8) is 0 Å². The molecule has 7 heteroatoms. The molecule has 1 atom stereocenters.